The van der Waals surface area contributed by atoms with E-state index in [2.05, 4.69) is 5.32 Å². The molecule has 0 radical (unpaired) electrons. The number of amides is 2. The number of ether oxygens (including phenoxy) is 1. The molecule has 1 fully saturated rings. The molecule has 1 atom stereocenters. The Bertz CT molecular complexity index is 528. The molecular weight excluding hydrogens is 282 g/mol. The number of benzene rings is 1. The fourth-order valence-electron chi connectivity index (χ4n) is 2.42. The highest BCUT2D eigenvalue weighted by Crippen LogP contribution is 2.14. The van der Waals surface area contributed by atoms with Crippen LogP contribution in [-0.2, 0) is 16.0 Å². The Morgan fingerprint density at radius 2 is 1.95 bits per heavy atom. The molecule has 1 aliphatic heterocycles. The highest BCUT2D eigenvalue weighted by Gasteiger charge is 2.32. The van der Waals surface area contributed by atoms with Gasteiger partial charge in [0.05, 0.1) is 13.7 Å². The quantitative estimate of drug-likeness (QED) is 0.811. The lowest BCUT2D eigenvalue weighted by Crippen LogP contribution is -2.59. The number of nitrogens with zero attached hydrogens (tertiary/aromatic N) is 2. The van der Waals surface area contributed by atoms with Gasteiger partial charge in [0.2, 0.25) is 11.8 Å². The molecule has 22 heavy (non-hydrogen) atoms. The summed E-state index contributed by atoms with van der Waals surface area (Å²) in [6, 6.07) is 7.05. The van der Waals surface area contributed by atoms with Gasteiger partial charge in [-0.25, -0.2) is 0 Å². The molecule has 2 amide bonds. The fraction of sp³-hybridized carbons (Fsp3) is 0.500. The second kappa shape index (κ2) is 7.26. The van der Waals surface area contributed by atoms with E-state index < -0.39 is 6.04 Å². The van der Waals surface area contributed by atoms with Crippen LogP contribution in [0.25, 0.3) is 0 Å². The molecule has 6 heteroatoms. The van der Waals surface area contributed by atoms with Crippen LogP contribution in [0, 0.1) is 0 Å². The van der Waals surface area contributed by atoms with Crippen LogP contribution in [0.1, 0.15) is 5.56 Å². The molecule has 0 bridgehead atoms. The van der Waals surface area contributed by atoms with Crippen molar-refractivity contribution in [2.45, 2.75) is 12.5 Å². The van der Waals surface area contributed by atoms with Crippen LogP contribution in [0.2, 0.25) is 0 Å². The zero-order valence-electron chi connectivity index (χ0n) is 13.3. The van der Waals surface area contributed by atoms with Crippen molar-refractivity contribution in [3.05, 3.63) is 29.8 Å². The molecule has 0 aromatic heterocycles. The summed E-state index contributed by atoms with van der Waals surface area (Å²) in [5.74, 6) is 0.657. The number of hydrogen-bond donors (Lipinski definition) is 1. The molecule has 6 nitrogen and oxygen atoms in total. The Hall–Kier alpha value is -2.08. The first-order valence-electron chi connectivity index (χ1n) is 7.35. The monoisotopic (exact) mass is 305 g/mol. The molecule has 120 valence electrons. The lowest BCUT2D eigenvalue weighted by molar-refractivity contribution is -0.144. The molecular formula is C16H23N3O3. The molecule has 2 rings (SSSR count). The second-order valence-corrected chi connectivity index (χ2v) is 5.74. The van der Waals surface area contributed by atoms with E-state index in [0.717, 1.165) is 17.9 Å². The van der Waals surface area contributed by atoms with E-state index in [9.17, 15) is 9.59 Å². The summed E-state index contributed by atoms with van der Waals surface area (Å²) in [6.07, 6.45) is 0.493. The molecule has 0 unspecified atom stereocenters. The largest absolute Gasteiger partial charge is 0.497 e. The van der Waals surface area contributed by atoms with Gasteiger partial charge in [0, 0.05) is 19.5 Å². The third kappa shape index (κ3) is 4.21. The maximum atomic E-state index is 12.5. The van der Waals surface area contributed by atoms with Gasteiger partial charge < -0.3 is 19.9 Å². The van der Waals surface area contributed by atoms with E-state index >= 15 is 0 Å². The van der Waals surface area contributed by atoms with Crippen molar-refractivity contribution in [3.8, 4) is 5.75 Å². The Labute approximate surface area is 131 Å². The molecule has 1 heterocycles. The number of nitrogens with one attached hydrogen (secondary N) is 1. The first-order valence-corrected chi connectivity index (χ1v) is 7.35. The van der Waals surface area contributed by atoms with Crippen LogP contribution in [0.4, 0.5) is 0 Å². The Kier molecular flexibility index (Phi) is 5.38. The van der Waals surface area contributed by atoms with Gasteiger partial charge in [-0.15, -0.1) is 0 Å². The summed E-state index contributed by atoms with van der Waals surface area (Å²) in [5.41, 5.74) is 0.994. The second-order valence-electron chi connectivity index (χ2n) is 5.74. The molecule has 0 spiro atoms. The van der Waals surface area contributed by atoms with Crippen molar-refractivity contribution in [2.75, 3.05) is 40.8 Å². The molecule has 0 saturated carbocycles. The third-order valence-corrected chi connectivity index (χ3v) is 3.70. The third-order valence-electron chi connectivity index (χ3n) is 3.70. The van der Waals surface area contributed by atoms with Gasteiger partial charge in [0.1, 0.15) is 11.8 Å². The number of rotatable bonds is 6. The van der Waals surface area contributed by atoms with Crippen LogP contribution in [0.3, 0.4) is 0 Å². The van der Waals surface area contributed by atoms with E-state index in [1.54, 1.807) is 12.0 Å². The maximum absolute atomic E-state index is 12.5. The van der Waals surface area contributed by atoms with Gasteiger partial charge in [-0.1, -0.05) is 12.1 Å². The Morgan fingerprint density at radius 1 is 1.27 bits per heavy atom. The maximum Gasteiger partial charge on any atom is 0.246 e. The summed E-state index contributed by atoms with van der Waals surface area (Å²) >= 11 is 0. The molecule has 1 N–H and O–H groups in total. The van der Waals surface area contributed by atoms with Gasteiger partial charge in [0.25, 0.3) is 0 Å². The van der Waals surface area contributed by atoms with Crippen LogP contribution >= 0.6 is 0 Å². The number of likely N-dealkylation sites (N-methyl/N-ethyl adjacent to an activating group) is 1. The number of carbonyl (C=O) groups is 2. The smallest absolute Gasteiger partial charge is 0.246 e. The molecule has 1 aromatic rings. The minimum Gasteiger partial charge on any atom is -0.497 e. The molecule has 1 aliphatic rings. The summed E-state index contributed by atoms with van der Waals surface area (Å²) in [7, 11) is 5.51. The lowest BCUT2D eigenvalue weighted by atomic mass is 10.0. The van der Waals surface area contributed by atoms with Crippen molar-refractivity contribution in [3.63, 3.8) is 0 Å². The minimum absolute atomic E-state index is 0.0164. The van der Waals surface area contributed by atoms with Crippen molar-refractivity contribution in [1.82, 2.24) is 15.1 Å². The van der Waals surface area contributed by atoms with Crippen molar-refractivity contribution in [2.24, 2.45) is 0 Å². The van der Waals surface area contributed by atoms with E-state index in [-0.39, 0.29) is 18.4 Å². The van der Waals surface area contributed by atoms with Gasteiger partial charge in [-0.05, 0) is 31.8 Å². The van der Waals surface area contributed by atoms with Crippen LogP contribution in [0.5, 0.6) is 5.75 Å². The number of hydrogen-bond acceptors (Lipinski definition) is 4. The fourth-order valence-corrected chi connectivity index (χ4v) is 2.42. The normalized spacial score (nSPS) is 18.5. The predicted octanol–water partition coefficient (Wildman–Crippen LogP) is 0.126. The summed E-state index contributed by atoms with van der Waals surface area (Å²) in [4.78, 5) is 27.9. The lowest BCUT2D eigenvalue weighted by Gasteiger charge is -2.33. The zero-order chi connectivity index (χ0) is 16.1. The number of methoxy groups -OCH3 is 1. The first-order chi connectivity index (χ1) is 10.5. The van der Waals surface area contributed by atoms with Crippen LogP contribution in [-0.4, -0.2) is 68.5 Å². The Balaban J connectivity index is 2.01. The Morgan fingerprint density at radius 3 is 2.55 bits per heavy atom. The van der Waals surface area contributed by atoms with Gasteiger partial charge in [-0.3, -0.25) is 9.59 Å². The van der Waals surface area contributed by atoms with Crippen LogP contribution < -0.4 is 10.1 Å². The van der Waals surface area contributed by atoms with Crippen molar-refractivity contribution >= 4 is 11.8 Å². The van der Waals surface area contributed by atoms with Gasteiger partial charge >= 0.3 is 0 Å². The van der Waals surface area contributed by atoms with E-state index in [1.807, 2.05) is 43.3 Å². The van der Waals surface area contributed by atoms with Gasteiger partial charge in [0.15, 0.2) is 0 Å². The molecule has 1 aromatic carbocycles. The average molecular weight is 305 g/mol. The topological polar surface area (TPSA) is 61.9 Å². The standard InChI is InChI=1S/C16H23N3O3/c1-18(2)8-9-19-11-15(20)17-14(16(19)21)10-12-4-6-13(22-3)7-5-12/h4-7,14H,8-11H2,1-3H3,(H,17,20)/t14-/m0/s1. The van der Waals surface area contributed by atoms with Crippen LogP contribution in [0.15, 0.2) is 24.3 Å². The first kappa shape index (κ1) is 16.3. The average Bonchev–Trinajstić information content (AvgIpc) is 2.49. The van der Waals surface area contributed by atoms with Gasteiger partial charge in [-0.2, -0.15) is 0 Å². The number of carbonyl (C=O) groups excluding carboxylic acids is 2. The summed E-state index contributed by atoms with van der Waals surface area (Å²) < 4.78 is 5.12. The van der Waals surface area contributed by atoms with E-state index in [0.29, 0.717) is 13.0 Å². The predicted molar refractivity (Wildman–Crippen MR) is 83.8 cm³/mol. The number of piperazine rings is 1. The van der Waals surface area contributed by atoms with E-state index in [1.165, 1.54) is 0 Å². The highest BCUT2D eigenvalue weighted by atomic mass is 16.5. The SMILES string of the molecule is COc1ccc(C[C@@H]2NC(=O)CN(CCN(C)C)C2=O)cc1. The summed E-state index contributed by atoms with van der Waals surface area (Å²) in [6.45, 7) is 1.46. The zero-order valence-corrected chi connectivity index (χ0v) is 13.3. The van der Waals surface area contributed by atoms with Crippen molar-refractivity contribution < 1.29 is 14.3 Å². The van der Waals surface area contributed by atoms with Crippen molar-refractivity contribution in [1.29, 1.82) is 0 Å². The minimum atomic E-state index is -0.489. The molecule has 1 saturated heterocycles. The summed E-state index contributed by atoms with van der Waals surface area (Å²) in [5, 5.41) is 2.79. The molecule has 0 aliphatic carbocycles. The highest BCUT2D eigenvalue weighted by molar-refractivity contribution is 5.95. The van der Waals surface area contributed by atoms with E-state index in [4.69, 9.17) is 4.74 Å².